The average Bonchev–Trinajstić information content (AvgIpc) is 3.03. The number of nitrogens with one attached hydrogen (secondary N) is 2. The first-order chi connectivity index (χ1) is 10.3. The number of amides is 1. The summed E-state index contributed by atoms with van der Waals surface area (Å²) in [6.45, 7) is 2.02. The predicted octanol–water partition coefficient (Wildman–Crippen LogP) is 1.34. The van der Waals surface area contributed by atoms with Crippen LogP contribution in [0.4, 0.5) is 9.70 Å². The molecule has 0 aliphatic carbocycles. The minimum absolute atomic E-state index is 0.109. The molecule has 0 atom stereocenters. The van der Waals surface area contributed by atoms with Crippen LogP contribution in [-0.4, -0.2) is 29.1 Å². The van der Waals surface area contributed by atoms with Gasteiger partial charge in [0.15, 0.2) is 0 Å². The second kappa shape index (κ2) is 5.98. The Bertz CT molecular complexity index is 846. The fraction of sp³-hybridized carbons (Fsp3) is 0.250. The maximum atomic E-state index is 12.8. The average molecular weight is 325 g/mol. The fourth-order valence-electron chi connectivity index (χ4n) is 1.80. The minimum Gasteiger partial charge on any atom is -0.356 e. The summed E-state index contributed by atoms with van der Waals surface area (Å²) in [5.41, 5.74) is 0.536. The highest BCUT2D eigenvalue weighted by Crippen LogP contribution is 2.16. The quantitative estimate of drug-likeness (QED) is 0.804. The van der Waals surface area contributed by atoms with Crippen LogP contribution in [0.5, 0.6) is 0 Å². The number of carbonyl (C=O) groups is 1. The van der Waals surface area contributed by atoms with Gasteiger partial charge in [0, 0.05) is 12.3 Å². The van der Waals surface area contributed by atoms with Gasteiger partial charge in [-0.25, -0.2) is 4.68 Å². The first-order valence-corrected chi connectivity index (χ1v) is 7.55. The number of rotatable bonds is 5. The first-order valence-electron chi connectivity index (χ1n) is 6.17. The van der Waals surface area contributed by atoms with Crippen LogP contribution in [-0.2, 0) is 16.8 Å². The molecule has 0 aliphatic heterocycles. The number of halogens is 1. The normalized spacial score (nSPS) is 11.1. The van der Waals surface area contributed by atoms with Crippen LogP contribution in [0.2, 0.25) is 0 Å². The molecule has 10 heteroatoms. The third-order valence-corrected chi connectivity index (χ3v) is 3.56. The Labute approximate surface area is 125 Å². The Kier molecular flexibility index (Phi) is 4.27. The number of nitriles is 1. The highest BCUT2D eigenvalue weighted by molar-refractivity contribution is 7.86. The number of aromatic amines is 1. The minimum atomic E-state index is -4.87. The number of nitrogens with zero attached hydrogens (tertiary/aromatic N) is 3. The molecule has 2 rings (SSSR count). The molecule has 0 fully saturated rings. The molecule has 2 heterocycles. The van der Waals surface area contributed by atoms with Gasteiger partial charge in [-0.1, -0.05) is 0 Å². The van der Waals surface area contributed by atoms with Crippen molar-refractivity contribution < 1.29 is 17.1 Å². The molecule has 0 saturated carbocycles. The van der Waals surface area contributed by atoms with Crippen molar-refractivity contribution in [1.82, 2.24) is 14.8 Å². The van der Waals surface area contributed by atoms with E-state index >= 15 is 0 Å². The molecule has 0 saturated heterocycles. The van der Waals surface area contributed by atoms with E-state index in [4.69, 9.17) is 5.26 Å². The van der Waals surface area contributed by atoms with Crippen molar-refractivity contribution in [2.75, 3.05) is 5.32 Å². The SMILES string of the molecule is Cc1cc(NC(=O)c2cc(S(=O)(=O)F)c[nH]2)n(CCC#N)n1. The van der Waals surface area contributed by atoms with Crippen LogP contribution >= 0.6 is 0 Å². The van der Waals surface area contributed by atoms with E-state index in [2.05, 4.69) is 15.4 Å². The van der Waals surface area contributed by atoms with Crippen molar-refractivity contribution in [3.05, 3.63) is 29.7 Å². The van der Waals surface area contributed by atoms with Gasteiger partial charge in [0.2, 0.25) is 0 Å². The van der Waals surface area contributed by atoms with Crippen LogP contribution in [0.15, 0.2) is 23.2 Å². The number of aromatic nitrogens is 3. The molecule has 2 aromatic rings. The maximum Gasteiger partial charge on any atom is 0.333 e. The smallest absolute Gasteiger partial charge is 0.333 e. The number of H-pyrrole nitrogens is 1. The number of anilines is 1. The van der Waals surface area contributed by atoms with Crippen LogP contribution in [0.25, 0.3) is 0 Å². The summed E-state index contributed by atoms with van der Waals surface area (Å²) in [4.78, 5) is 13.8. The summed E-state index contributed by atoms with van der Waals surface area (Å²) in [6.07, 6.45) is 1.11. The Morgan fingerprint density at radius 2 is 2.27 bits per heavy atom. The summed E-state index contributed by atoms with van der Waals surface area (Å²) in [5.74, 6) is -0.287. The standard InChI is InChI=1S/C12H12FN5O3S/c1-8-5-11(18(17-8)4-2-3-14)16-12(19)10-6-9(7-15-10)22(13,20)21/h5-7,15H,2,4H2,1H3,(H,16,19). The van der Waals surface area contributed by atoms with Crippen molar-refractivity contribution in [2.45, 2.75) is 24.8 Å². The van der Waals surface area contributed by atoms with Crippen molar-refractivity contribution in [2.24, 2.45) is 0 Å². The molecule has 1 amide bonds. The molecule has 0 radical (unpaired) electrons. The zero-order chi connectivity index (χ0) is 16.3. The van der Waals surface area contributed by atoms with E-state index in [1.807, 2.05) is 6.07 Å². The van der Waals surface area contributed by atoms with Gasteiger partial charge in [-0.3, -0.25) is 4.79 Å². The zero-order valence-corrected chi connectivity index (χ0v) is 12.3. The molecule has 0 aliphatic rings. The molecule has 0 bridgehead atoms. The molecule has 8 nitrogen and oxygen atoms in total. The predicted molar refractivity (Wildman–Crippen MR) is 74.2 cm³/mol. The molecule has 0 unspecified atom stereocenters. The third kappa shape index (κ3) is 3.50. The Balaban J connectivity index is 2.19. The lowest BCUT2D eigenvalue weighted by atomic mass is 10.4. The highest BCUT2D eigenvalue weighted by Gasteiger charge is 2.18. The molecule has 116 valence electrons. The van der Waals surface area contributed by atoms with Gasteiger partial charge in [0.05, 0.1) is 24.7 Å². The number of hydrogen-bond donors (Lipinski definition) is 2. The van der Waals surface area contributed by atoms with Gasteiger partial charge in [-0.2, -0.15) is 18.8 Å². The van der Waals surface area contributed by atoms with Crippen molar-refractivity contribution in [1.29, 1.82) is 5.26 Å². The van der Waals surface area contributed by atoms with Crippen molar-refractivity contribution in [3.8, 4) is 6.07 Å². The molecule has 2 aromatic heterocycles. The first kappa shape index (κ1) is 15.7. The second-order valence-corrected chi connectivity index (χ2v) is 5.79. The summed E-state index contributed by atoms with van der Waals surface area (Å²) in [7, 11) is -4.87. The number of hydrogen-bond acceptors (Lipinski definition) is 5. The van der Waals surface area contributed by atoms with Gasteiger partial charge in [0.25, 0.3) is 5.91 Å². The monoisotopic (exact) mass is 325 g/mol. The lowest BCUT2D eigenvalue weighted by molar-refractivity contribution is 0.102. The van der Waals surface area contributed by atoms with Gasteiger partial charge in [0.1, 0.15) is 16.4 Å². The Morgan fingerprint density at radius 1 is 1.55 bits per heavy atom. The third-order valence-electron chi connectivity index (χ3n) is 2.76. The van der Waals surface area contributed by atoms with E-state index in [0.29, 0.717) is 18.1 Å². The topological polar surface area (TPSA) is 121 Å². The molecular weight excluding hydrogens is 313 g/mol. The summed E-state index contributed by atoms with van der Waals surface area (Å²) >= 11 is 0. The van der Waals surface area contributed by atoms with Crippen molar-refractivity contribution in [3.63, 3.8) is 0 Å². The van der Waals surface area contributed by atoms with Gasteiger partial charge < -0.3 is 10.3 Å². The van der Waals surface area contributed by atoms with Crippen LogP contribution < -0.4 is 5.32 Å². The summed E-state index contributed by atoms with van der Waals surface area (Å²) in [6, 6.07) is 4.47. The van der Waals surface area contributed by atoms with Crippen LogP contribution in [0, 0.1) is 18.3 Å². The molecule has 22 heavy (non-hydrogen) atoms. The Hall–Kier alpha value is -2.67. The lowest BCUT2D eigenvalue weighted by Gasteiger charge is -2.06. The Morgan fingerprint density at radius 3 is 2.86 bits per heavy atom. The molecule has 2 N–H and O–H groups in total. The molecule has 0 spiro atoms. The number of aryl methyl sites for hydroxylation is 2. The van der Waals surface area contributed by atoms with Crippen LogP contribution in [0.1, 0.15) is 22.6 Å². The summed E-state index contributed by atoms with van der Waals surface area (Å²) in [5, 5.41) is 15.2. The highest BCUT2D eigenvalue weighted by atomic mass is 32.3. The van der Waals surface area contributed by atoms with E-state index in [0.717, 1.165) is 12.3 Å². The summed E-state index contributed by atoms with van der Waals surface area (Å²) < 4.78 is 35.7. The molecule has 0 aromatic carbocycles. The van der Waals surface area contributed by atoms with Gasteiger partial charge >= 0.3 is 10.2 Å². The van der Waals surface area contributed by atoms with Crippen LogP contribution in [0.3, 0.4) is 0 Å². The van der Waals surface area contributed by atoms with E-state index in [-0.39, 0.29) is 12.1 Å². The lowest BCUT2D eigenvalue weighted by Crippen LogP contribution is -2.16. The van der Waals surface area contributed by atoms with Gasteiger partial charge in [-0.05, 0) is 13.0 Å². The van der Waals surface area contributed by atoms with E-state index < -0.39 is 21.0 Å². The largest absolute Gasteiger partial charge is 0.356 e. The maximum absolute atomic E-state index is 12.8. The van der Waals surface area contributed by atoms with Gasteiger partial charge in [-0.15, -0.1) is 3.89 Å². The van der Waals surface area contributed by atoms with Crippen molar-refractivity contribution >= 4 is 21.9 Å². The number of carbonyl (C=O) groups excluding carboxylic acids is 1. The van der Waals surface area contributed by atoms with E-state index in [1.54, 1.807) is 13.0 Å². The second-order valence-electron chi connectivity index (χ2n) is 4.44. The zero-order valence-electron chi connectivity index (χ0n) is 11.5. The van der Waals surface area contributed by atoms with E-state index in [1.165, 1.54) is 4.68 Å². The van der Waals surface area contributed by atoms with E-state index in [9.17, 15) is 17.1 Å². The fourth-order valence-corrected chi connectivity index (χ4v) is 2.26. The molecular formula is C12H12FN5O3S.